The maximum absolute atomic E-state index is 4.03. The van der Waals surface area contributed by atoms with E-state index in [0.29, 0.717) is 5.54 Å². The molecule has 4 saturated carbocycles. The van der Waals surface area contributed by atoms with Crippen LogP contribution in [0.15, 0.2) is 11.6 Å². The summed E-state index contributed by atoms with van der Waals surface area (Å²) in [5.74, 6) is 3.10. The fourth-order valence-electron chi connectivity index (χ4n) is 5.66. The molecule has 1 heterocycles. The Kier molecular flexibility index (Phi) is 3.73. The van der Waals surface area contributed by atoms with Gasteiger partial charge < -0.3 is 5.32 Å². The minimum absolute atomic E-state index is 0.489. The fraction of sp³-hybridized carbons (Fsp3) is 0.700. The number of hydrogen-bond acceptors (Lipinski definition) is 2. The minimum Gasteiger partial charge on any atom is -0.306 e. The van der Waals surface area contributed by atoms with Gasteiger partial charge in [0.15, 0.2) is 0 Å². The molecule has 0 spiro atoms. The molecule has 1 aromatic heterocycles. The van der Waals surface area contributed by atoms with Crippen molar-refractivity contribution in [3.05, 3.63) is 27.0 Å². The van der Waals surface area contributed by atoms with Crippen molar-refractivity contribution in [2.24, 2.45) is 17.8 Å². The Morgan fingerprint density at radius 2 is 1.77 bits per heavy atom. The van der Waals surface area contributed by atoms with Crippen molar-refractivity contribution in [3.8, 4) is 0 Å². The smallest absolute Gasteiger partial charge is 0.0305 e. The summed E-state index contributed by atoms with van der Waals surface area (Å²) in [7, 11) is 0. The van der Waals surface area contributed by atoms with E-state index in [2.05, 4.69) is 38.2 Å². The molecule has 0 radical (unpaired) electrons. The molecule has 4 fully saturated rings. The van der Waals surface area contributed by atoms with Gasteiger partial charge in [0, 0.05) is 21.8 Å². The first-order valence-corrected chi connectivity index (χ1v) is 9.82. The van der Waals surface area contributed by atoms with Crippen LogP contribution in [0.2, 0.25) is 0 Å². The molecule has 4 bridgehead atoms. The third kappa shape index (κ3) is 2.80. The summed E-state index contributed by atoms with van der Waals surface area (Å²) in [4.78, 5) is 2.96. The molecule has 4 aliphatic rings. The zero-order chi connectivity index (χ0) is 15.3. The number of hydrogen-bond donors (Lipinski definition) is 1. The molecule has 22 heavy (non-hydrogen) atoms. The van der Waals surface area contributed by atoms with Crippen LogP contribution in [0.5, 0.6) is 0 Å². The zero-order valence-electron chi connectivity index (χ0n) is 14.2. The van der Waals surface area contributed by atoms with E-state index in [1.54, 1.807) is 0 Å². The second-order valence-corrected chi connectivity index (χ2v) is 9.70. The van der Waals surface area contributed by atoms with Crippen molar-refractivity contribution in [3.63, 3.8) is 0 Å². The molecule has 120 valence electrons. The fourth-order valence-corrected chi connectivity index (χ4v) is 6.84. The molecule has 5 rings (SSSR count). The predicted octanol–water partition coefficient (Wildman–Crippen LogP) is 5.54. The van der Waals surface area contributed by atoms with Crippen LogP contribution in [-0.4, -0.2) is 5.54 Å². The molecule has 0 unspecified atom stereocenters. The summed E-state index contributed by atoms with van der Waals surface area (Å²) >= 11 is 1.98. The van der Waals surface area contributed by atoms with E-state index in [-0.39, 0.29) is 0 Å². The van der Waals surface area contributed by atoms with Gasteiger partial charge in [-0.15, -0.1) is 11.3 Å². The minimum atomic E-state index is 0.489. The summed E-state index contributed by atoms with van der Waals surface area (Å²) in [6.07, 6.45) is 11.3. The van der Waals surface area contributed by atoms with Gasteiger partial charge in [-0.05, 0) is 94.8 Å². The van der Waals surface area contributed by atoms with Gasteiger partial charge in [0.1, 0.15) is 0 Å². The van der Waals surface area contributed by atoms with Gasteiger partial charge in [0.25, 0.3) is 0 Å². The summed E-state index contributed by atoms with van der Waals surface area (Å²) in [6.45, 7) is 7.70. The van der Waals surface area contributed by atoms with E-state index < -0.39 is 0 Å². The van der Waals surface area contributed by atoms with Crippen molar-refractivity contribution < 1.29 is 0 Å². The molecule has 0 amide bonds. The SMILES string of the molecule is CC(C)=Cc1sc(CNC23CC4CC(CC(C4)C2)C3)cc1C. The number of rotatable bonds is 4. The summed E-state index contributed by atoms with van der Waals surface area (Å²) in [5, 5.41) is 4.03. The highest BCUT2D eigenvalue weighted by molar-refractivity contribution is 7.13. The van der Waals surface area contributed by atoms with Gasteiger partial charge in [-0.2, -0.15) is 0 Å². The van der Waals surface area contributed by atoms with Gasteiger partial charge in [-0.25, -0.2) is 0 Å². The zero-order valence-corrected chi connectivity index (χ0v) is 15.1. The average molecular weight is 316 g/mol. The van der Waals surface area contributed by atoms with Gasteiger partial charge >= 0.3 is 0 Å². The maximum Gasteiger partial charge on any atom is 0.0305 e. The number of aryl methyl sites for hydroxylation is 1. The molecule has 2 heteroatoms. The lowest BCUT2D eigenvalue weighted by Gasteiger charge is -2.57. The predicted molar refractivity (Wildman–Crippen MR) is 96.1 cm³/mol. The molecule has 0 saturated heterocycles. The normalized spacial score (nSPS) is 35.9. The Bertz CT molecular complexity index is 556. The first-order valence-electron chi connectivity index (χ1n) is 9.00. The van der Waals surface area contributed by atoms with E-state index in [1.165, 1.54) is 59.4 Å². The Balaban J connectivity index is 1.46. The summed E-state index contributed by atoms with van der Waals surface area (Å²) in [6, 6.07) is 2.40. The van der Waals surface area contributed by atoms with E-state index in [9.17, 15) is 0 Å². The molecular formula is C20H29NS. The quantitative estimate of drug-likeness (QED) is 0.769. The Hall–Kier alpha value is -0.600. The highest BCUT2D eigenvalue weighted by Gasteiger charge is 2.50. The lowest BCUT2D eigenvalue weighted by atomic mass is 9.53. The first-order chi connectivity index (χ1) is 10.5. The maximum atomic E-state index is 4.03. The van der Waals surface area contributed by atoms with Crippen molar-refractivity contribution in [1.29, 1.82) is 0 Å². The molecule has 0 aromatic carbocycles. The lowest BCUT2D eigenvalue weighted by molar-refractivity contribution is -0.0204. The van der Waals surface area contributed by atoms with Gasteiger partial charge in [-0.1, -0.05) is 5.57 Å². The number of thiophene rings is 1. The Morgan fingerprint density at radius 1 is 1.18 bits per heavy atom. The largest absolute Gasteiger partial charge is 0.306 e. The number of allylic oxidation sites excluding steroid dienone is 1. The first kappa shape index (κ1) is 15.0. The van der Waals surface area contributed by atoms with E-state index in [1.807, 2.05) is 11.3 Å². The van der Waals surface area contributed by atoms with Gasteiger partial charge in [0.05, 0.1) is 0 Å². The van der Waals surface area contributed by atoms with Crippen LogP contribution in [0.3, 0.4) is 0 Å². The van der Waals surface area contributed by atoms with Crippen molar-refractivity contribution in [2.75, 3.05) is 0 Å². The molecule has 1 N–H and O–H groups in total. The van der Waals surface area contributed by atoms with E-state index >= 15 is 0 Å². The second-order valence-electron chi connectivity index (χ2n) is 8.53. The van der Waals surface area contributed by atoms with E-state index in [4.69, 9.17) is 0 Å². The van der Waals surface area contributed by atoms with Crippen LogP contribution < -0.4 is 5.32 Å². The third-order valence-corrected chi connectivity index (χ3v) is 7.29. The van der Waals surface area contributed by atoms with Crippen molar-refractivity contribution in [1.82, 2.24) is 5.32 Å². The third-order valence-electron chi connectivity index (χ3n) is 6.10. The van der Waals surface area contributed by atoms with Crippen molar-refractivity contribution in [2.45, 2.75) is 71.4 Å². The van der Waals surface area contributed by atoms with E-state index in [0.717, 1.165) is 24.3 Å². The van der Waals surface area contributed by atoms with Gasteiger partial charge in [0.2, 0.25) is 0 Å². The molecule has 0 aliphatic heterocycles. The lowest BCUT2D eigenvalue weighted by Crippen LogP contribution is -2.58. The summed E-state index contributed by atoms with van der Waals surface area (Å²) in [5.41, 5.74) is 3.32. The molecular weight excluding hydrogens is 286 g/mol. The topological polar surface area (TPSA) is 12.0 Å². The van der Waals surface area contributed by atoms with Crippen LogP contribution >= 0.6 is 11.3 Å². The van der Waals surface area contributed by atoms with Crippen LogP contribution in [0, 0.1) is 24.7 Å². The van der Waals surface area contributed by atoms with Crippen molar-refractivity contribution >= 4 is 17.4 Å². The van der Waals surface area contributed by atoms with Crippen LogP contribution in [-0.2, 0) is 6.54 Å². The monoisotopic (exact) mass is 315 g/mol. The van der Waals surface area contributed by atoms with Crippen LogP contribution in [0.25, 0.3) is 6.08 Å². The Morgan fingerprint density at radius 3 is 2.32 bits per heavy atom. The van der Waals surface area contributed by atoms with Gasteiger partial charge in [-0.3, -0.25) is 0 Å². The highest BCUT2D eigenvalue weighted by Crippen LogP contribution is 2.55. The van der Waals surface area contributed by atoms with Crippen LogP contribution in [0.4, 0.5) is 0 Å². The highest BCUT2D eigenvalue weighted by atomic mass is 32.1. The number of nitrogens with one attached hydrogen (secondary N) is 1. The second kappa shape index (κ2) is 5.49. The molecule has 1 aromatic rings. The summed E-state index contributed by atoms with van der Waals surface area (Å²) < 4.78 is 0. The van der Waals surface area contributed by atoms with Crippen LogP contribution in [0.1, 0.15) is 67.7 Å². The average Bonchev–Trinajstić information content (AvgIpc) is 2.75. The molecule has 4 aliphatic carbocycles. The standard InChI is InChI=1S/C20H29NS/c1-13(2)4-19-14(3)5-18(22-19)12-21-20-9-15-6-16(10-20)8-17(7-15)11-20/h4-5,15-17,21H,6-12H2,1-3H3. The molecule has 0 atom stereocenters. The molecule has 1 nitrogen and oxygen atoms in total. The Labute approximate surface area is 139 Å².